The standard InChI is InChI=1S/C24H25N3O4S/c1-2-30-23(29)19-9-6-14-27(16-19)22(28)18-10-12-20(13-11-18)31-24-25-21(26-32-24)15-17-7-4-3-5-8-17/h3-5,7-8,10-13,19H,2,6,9,14-16H2,1H3. The van der Waals surface area contributed by atoms with Crippen LogP contribution in [0.3, 0.4) is 0 Å². The Morgan fingerprint density at radius 3 is 2.66 bits per heavy atom. The third kappa shape index (κ3) is 5.50. The monoisotopic (exact) mass is 451 g/mol. The van der Waals surface area contributed by atoms with Crippen molar-refractivity contribution >= 4 is 23.4 Å². The van der Waals surface area contributed by atoms with E-state index in [1.165, 1.54) is 11.5 Å². The molecule has 1 saturated heterocycles. The fourth-order valence-corrected chi connectivity index (χ4v) is 4.26. The van der Waals surface area contributed by atoms with Crippen LogP contribution in [0, 0.1) is 5.92 Å². The highest BCUT2D eigenvalue weighted by Crippen LogP contribution is 2.25. The van der Waals surface area contributed by atoms with Crippen LogP contribution in [0.25, 0.3) is 0 Å². The molecule has 1 fully saturated rings. The first kappa shape index (κ1) is 22.0. The molecule has 7 nitrogen and oxygen atoms in total. The minimum Gasteiger partial charge on any atom is -0.466 e. The quantitative estimate of drug-likeness (QED) is 0.497. The Morgan fingerprint density at radius 1 is 1.12 bits per heavy atom. The molecule has 2 heterocycles. The fourth-order valence-electron chi connectivity index (χ4n) is 3.69. The van der Waals surface area contributed by atoms with Crippen molar-refractivity contribution in [2.45, 2.75) is 26.2 Å². The zero-order valence-electron chi connectivity index (χ0n) is 17.9. The minimum absolute atomic E-state index is 0.0911. The largest absolute Gasteiger partial charge is 0.466 e. The molecule has 1 atom stereocenters. The number of likely N-dealkylation sites (tertiary alicyclic amines) is 1. The number of piperidine rings is 1. The molecule has 4 rings (SSSR count). The molecule has 8 heteroatoms. The van der Waals surface area contributed by atoms with Gasteiger partial charge in [0.05, 0.1) is 12.5 Å². The topological polar surface area (TPSA) is 81.6 Å². The zero-order chi connectivity index (χ0) is 22.3. The van der Waals surface area contributed by atoms with Crippen LogP contribution in [-0.2, 0) is 16.0 Å². The van der Waals surface area contributed by atoms with Gasteiger partial charge in [-0.3, -0.25) is 9.59 Å². The van der Waals surface area contributed by atoms with E-state index >= 15 is 0 Å². The van der Waals surface area contributed by atoms with Gasteiger partial charge in [-0.05, 0) is 49.6 Å². The summed E-state index contributed by atoms with van der Waals surface area (Å²) >= 11 is 1.20. The number of aromatic nitrogens is 2. The molecule has 0 bridgehead atoms. The Morgan fingerprint density at radius 2 is 1.91 bits per heavy atom. The molecule has 0 aliphatic carbocycles. The van der Waals surface area contributed by atoms with Crippen LogP contribution in [0.1, 0.15) is 41.5 Å². The van der Waals surface area contributed by atoms with Crippen molar-refractivity contribution in [1.82, 2.24) is 14.3 Å². The molecular formula is C24H25N3O4S. The molecule has 0 N–H and O–H groups in total. The number of carbonyl (C=O) groups is 2. The van der Waals surface area contributed by atoms with Gasteiger partial charge in [-0.2, -0.15) is 9.36 Å². The van der Waals surface area contributed by atoms with Gasteiger partial charge in [-0.15, -0.1) is 0 Å². The van der Waals surface area contributed by atoms with Gasteiger partial charge in [0.2, 0.25) is 0 Å². The predicted molar refractivity (Wildman–Crippen MR) is 121 cm³/mol. The molecule has 1 amide bonds. The summed E-state index contributed by atoms with van der Waals surface area (Å²) in [7, 11) is 0. The second-order valence-corrected chi connectivity index (χ2v) is 8.32. The molecule has 0 saturated carbocycles. The maximum Gasteiger partial charge on any atom is 0.310 e. The Kier molecular flexibility index (Phi) is 7.11. The smallest absolute Gasteiger partial charge is 0.310 e. The number of amides is 1. The van der Waals surface area contributed by atoms with Crippen molar-refractivity contribution in [2.75, 3.05) is 19.7 Å². The fraction of sp³-hybridized carbons (Fsp3) is 0.333. The van der Waals surface area contributed by atoms with Gasteiger partial charge in [0, 0.05) is 36.6 Å². The molecule has 1 aliphatic rings. The number of hydrogen-bond acceptors (Lipinski definition) is 7. The normalized spacial score (nSPS) is 15.9. The van der Waals surface area contributed by atoms with Crippen LogP contribution in [0.5, 0.6) is 10.9 Å². The van der Waals surface area contributed by atoms with Gasteiger partial charge >= 0.3 is 5.97 Å². The number of esters is 1. The van der Waals surface area contributed by atoms with Gasteiger partial charge in [0.25, 0.3) is 11.1 Å². The number of carbonyl (C=O) groups excluding carboxylic acids is 2. The number of hydrogen-bond donors (Lipinski definition) is 0. The van der Waals surface area contributed by atoms with Gasteiger partial charge in [0.1, 0.15) is 5.75 Å². The van der Waals surface area contributed by atoms with E-state index in [4.69, 9.17) is 9.47 Å². The lowest BCUT2D eigenvalue weighted by Crippen LogP contribution is -2.42. The van der Waals surface area contributed by atoms with E-state index in [0.717, 1.165) is 18.4 Å². The summed E-state index contributed by atoms with van der Waals surface area (Å²) in [6.45, 7) is 3.18. The van der Waals surface area contributed by atoms with E-state index in [-0.39, 0.29) is 17.8 Å². The number of rotatable bonds is 7. The molecular weight excluding hydrogens is 426 g/mol. The molecule has 0 spiro atoms. The number of ether oxygens (including phenoxy) is 2. The molecule has 32 heavy (non-hydrogen) atoms. The molecule has 3 aromatic rings. The number of benzene rings is 2. The molecule has 1 aromatic heterocycles. The summed E-state index contributed by atoms with van der Waals surface area (Å²) in [4.78, 5) is 31.1. The van der Waals surface area contributed by atoms with Gasteiger partial charge < -0.3 is 14.4 Å². The second kappa shape index (κ2) is 10.4. The zero-order valence-corrected chi connectivity index (χ0v) is 18.7. The Bertz CT molecular complexity index is 1050. The van der Waals surface area contributed by atoms with Crippen LogP contribution in [0.15, 0.2) is 54.6 Å². The highest BCUT2D eigenvalue weighted by Gasteiger charge is 2.29. The van der Waals surface area contributed by atoms with Crippen LogP contribution >= 0.6 is 11.5 Å². The van der Waals surface area contributed by atoms with E-state index < -0.39 is 0 Å². The minimum atomic E-state index is -0.252. The molecule has 0 radical (unpaired) electrons. The summed E-state index contributed by atoms with van der Waals surface area (Å²) < 4.78 is 15.3. The van der Waals surface area contributed by atoms with E-state index in [1.54, 1.807) is 36.1 Å². The Balaban J connectivity index is 1.35. The van der Waals surface area contributed by atoms with E-state index in [2.05, 4.69) is 9.36 Å². The highest BCUT2D eigenvalue weighted by atomic mass is 32.1. The number of nitrogens with zero attached hydrogens (tertiary/aromatic N) is 3. The summed E-state index contributed by atoms with van der Waals surface area (Å²) in [5.41, 5.74) is 1.70. The van der Waals surface area contributed by atoms with Crippen LogP contribution < -0.4 is 4.74 Å². The van der Waals surface area contributed by atoms with Crippen molar-refractivity contribution < 1.29 is 19.1 Å². The average molecular weight is 452 g/mol. The lowest BCUT2D eigenvalue weighted by atomic mass is 9.97. The maximum absolute atomic E-state index is 12.9. The van der Waals surface area contributed by atoms with Crippen molar-refractivity contribution in [3.05, 3.63) is 71.5 Å². The molecule has 166 valence electrons. The van der Waals surface area contributed by atoms with Crippen molar-refractivity contribution in [1.29, 1.82) is 0 Å². The van der Waals surface area contributed by atoms with Crippen LogP contribution in [0.2, 0.25) is 0 Å². The third-order valence-corrected chi connectivity index (χ3v) is 5.92. The highest BCUT2D eigenvalue weighted by molar-refractivity contribution is 7.07. The van der Waals surface area contributed by atoms with E-state index in [0.29, 0.717) is 48.4 Å². The SMILES string of the molecule is CCOC(=O)C1CCCN(C(=O)c2ccc(Oc3nc(Cc4ccccc4)ns3)cc2)C1. The lowest BCUT2D eigenvalue weighted by Gasteiger charge is -2.31. The average Bonchev–Trinajstić information content (AvgIpc) is 3.26. The van der Waals surface area contributed by atoms with Gasteiger partial charge in [0.15, 0.2) is 5.82 Å². The summed E-state index contributed by atoms with van der Waals surface area (Å²) in [5.74, 6) is 0.734. The summed E-state index contributed by atoms with van der Waals surface area (Å²) in [5, 5.41) is 0.461. The Labute approximate surface area is 191 Å². The van der Waals surface area contributed by atoms with Gasteiger partial charge in [-0.25, -0.2) is 0 Å². The summed E-state index contributed by atoms with van der Waals surface area (Å²) in [6.07, 6.45) is 2.19. The Hall–Kier alpha value is -3.26. The molecule has 1 unspecified atom stereocenters. The van der Waals surface area contributed by atoms with E-state index in [9.17, 15) is 9.59 Å². The third-order valence-electron chi connectivity index (χ3n) is 5.29. The summed E-state index contributed by atoms with van der Waals surface area (Å²) in [6, 6.07) is 17.0. The molecule has 2 aromatic carbocycles. The second-order valence-electron chi connectivity index (χ2n) is 7.61. The van der Waals surface area contributed by atoms with Crippen LogP contribution in [0.4, 0.5) is 0 Å². The van der Waals surface area contributed by atoms with Crippen molar-refractivity contribution in [2.24, 2.45) is 5.92 Å². The predicted octanol–water partition coefficient (Wildman–Crippen LogP) is 4.34. The first-order chi connectivity index (χ1) is 15.6. The van der Waals surface area contributed by atoms with Crippen molar-refractivity contribution in [3.63, 3.8) is 0 Å². The van der Waals surface area contributed by atoms with Crippen LogP contribution in [-0.4, -0.2) is 45.8 Å². The van der Waals surface area contributed by atoms with Crippen molar-refractivity contribution in [3.8, 4) is 10.9 Å². The van der Waals surface area contributed by atoms with Gasteiger partial charge in [-0.1, -0.05) is 30.3 Å². The lowest BCUT2D eigenvalue weighted by molar-refractivity contribution is -0.149. The van der Waals surface area contributed by atoms with E-state index in [1.807, 2.05) is 30.3 Å². The maximum atomic E-state index is 12.9. The molecule has 1 aliphatic heterocycles. The first-order valence-electron chi connectivity index (χ1n) is 10.7. The first-order valence-corrected chi connectivity index (χ1v) is 11.5.